The van der Waals surface area contributed by atoms with E-state index in [0.717, 1.165) is 16.8 Å². The number of benzene rings is 2. The van der Waals surface area contributed by atoms with Crippen LogP contribution >= 0.6 is 0 Å². The number of carbonyl (C=O) groups is 1. The van der Waals surface area contributed by atoms with E-state index >= 15 is 0 Å². The molecule has 0 spiro atoms. The fourth-order valence-corrected chi connectivity index (χ4v) is 4.24. The lowest BCUT2D eigenvalue weighted by Crippen LogP contribution is -2.39. The van der Waals surface area contributed by atoms with Gasteiger partial charge in [-0.15, -0.1) is 6.58 Å². The van der Waals surface area contributed by atoms with Crippen molar-refractivity contribution in [2.45, 2.75) is 24.4 Å². The smallest absolute Gasteiger partial charge is 0.407 e. The minimum atomic E-state index is -0.511. The molecular weight excluding hydrogens is 432 g/mol. The van der Waals surface area contributed by atoms with Gasteiger partial charge >= 0.3 is 6.09 Å². The lowest BCUT2D eigenvalue weighted by Gasteiger charge is -2.18. The van der Waals surface area contributed by atoms with E-state index in [0.29, 0.717) is 19.1 Å². The molecule has 34 heavy (non-hydrogen) atoms. The van der Waals surface area contributed by atoms with Crippen molar-refractivity contribution >= 4 is 12.0 Å². The van der Waals surface area contributed by atoms with Crippen molar-refractivity contribution in [3.63, 3.8) is 0 Å². The van der Waals surface area contributed by atoms with Gasteiger partial charge in [-0.1, -0.05) is 60.7 Å². The Morgan fingerprint density at radius 1 is 1.00 bits per heavy atom. The Kier molecular flexibility index (Phi) is 6.51. The third-order valence-corrected chi connectivity index (χ3v) is 5.91. The van der Waals surface area contributed by atoms with Crippen molar-refractivity contribution in [1.29, 1.82) is 0 Å². The first-order valence-corrected chi connectivity index (χ1v) is 11.3. The molecule has 2 aliphatic heterocycles. The van der Waals surface area contributed by atoms with Crippen LogP contribution in [0.25, 0.3) is 22.4 Å². The second kappa shape index (κ2) is 10.0. The summed E-state index contributed by atoms with van der Waals surface area (Å²) in [6.45, 7) is 4.60. The lowest BCUT2D eigenvalue weighted by molar-refractivity contribution is 0.00475. The van der Waals surface area contributed by atoms with Gasteiger partial charge in [-0.25, -0.2) is 14.8 Å². The molecular formula is C26H26N4O4. The summed E-state index contributed by atoms with van der Waals surface area (Å²) in [6, 6.07) is 20.3. The molecule has 2 saturated heterocycles. The summed E-state index contributed by atoms with van der Waals surface area (Å²) in [5.41, 5.74) is 4.15. The Bertz CT molecular complexity index is 1140. The van der Waals surface area contributed by atoms with E-state index in [1.165, 1.54) is 5.56 Å². The highest BCUT2D eigenvalue weighted by atomic mass is 16.6. The molecule has 3 aromatic rings. The van der Waals surface area contributed by atoms with Crippen LogP contribution in [0.15, 0.2) is 79.5 Å². The van der Waals surface area contributed by atoms with E-state index in [9.17, 15) is 4.79 Å². The second-order valence-corrected chi connectivity index (χ2v) is 8.17. The van der Waals surface area contributed by atoms with Crippen LogP contribution in [0, 0.1) is 0 Å². The van der Waals surface area contributed by atoms with Gasteiger partial charge in [0.25, 0.3) is 0 Å². The fourth-order valence-electron chi connectivity index (χ4n) is 4.24. The van der Waals surface area contributed by atoms with Crippen LogP contribution in [0.3, 0.4) is 0 Å². The number of nitrogens with zero attached hydrogens (tertiary/aromatic N) is 2. The van der Waals surface area contributed by atoms with Gasteiger partial charge in [0.15, 0.2) is 6.10 Å². The molecule has 5 rings (SSSR count). The summed E-state index contributed by atoms with van der Waals surface area (Å²) in [7, 11) is 0. The number of fused-ring (bicyclic) bond motifs is 1. The molecule has 0 radical (unpaired) electrons. The number of hydrogen-bond acceptors (Lipinski definition) is 7. The van der Waals surface area contributed by atoms with Crippen molar-refractivity contribution in [1.82, 2.24) is 15.3 Å². The number of carbonyl (C=O) groups excluding carboxylic acids is 1. The highest BCUT2D eigenvalue weighted by molar-refractivity contribution is 5.69. The molecule has 1 aromatic heterocycles. The van der Waals surface area contributed by atoms with Gasteiger partial charge in [-0.3, -0.25) is 0 Å². The van der Waals surface area contributed by atoms with Crippen LogP contribution in [0.2, 0.25) is 0 Å². The van der Waals surface area contributed by atoms with Gasteiger partial charge in [-0.2, -0.15) is 0 Å². The fraction of sp³-hybridized carbons (Fsp3) is 0.269. The largest absolute Gasteiger partial charge is 0.441 e. The Hall–Kier alpha value is -3.75. The molecule has 3 heterocycles. The molecule has 0 saturated carbocycles. The molecule has 8 heteroatoms. The van der Waals surface area contributed by atoms with Gasteiger partial charge in [0.2, 0.25) is 5.95 Å². The van der Waals surface area contributed by atoms with Gasteiger partial charge in [0, 0.05) is 18.3 Å². The second-order valence-electron chi connectivity index (χ2n) is 8.17. The first kappa shape index (κ1) is 22.1. The molecule has 1 amide bonds. The van der Waals surface area contributed by atoms with Gasteiger partial charge in [0.05, 0.1) is 24.9 Å². The number of nitrogens with one attached hydrogen (secondary N) is 2. The van der Waals surface area contributed by atoms with E-state index in [4.69, 9.17) is 14.2 Å². The Labute approximate surface area is 198 Å². The first-order chi connectivity index (χ1) is 16.7. The van der Waals surface area contributed by atoms with Crippen LogP contribution < -0.4 is 10.6 Å². The summed E-state index contributed by atoms with van der Waals surface area (Å²) >= 11 is 0. The normalized spacial score (nSPS) is 23.2. The maximum atomic E-state index is 11.9. The van der Waals surface area contributed by atoms with E-state index in [-0.39, 0.29) is 24.9 Å². The topological polar surface area (TPSA) is 94.6 Å². The van der Waals surface area contributed by atoms with E-state index < -0.39 is 12.2 Å². The summed E-state index contributed by atoms with van der Waals surface area (Å²) in [5, 5.41) is 5.92. The van der Waals surface area contributed by atoms with Gasteiger partial charge in [0.1, 0.15) is 12.2 Å². The van der Waals surface area contributed by atoms with Crippen LogP contribution in [-0.2, 0) is 14.2 Å². The minimum absolute atomic E-state index is 0.148. The summed E-state index contributed by atoms with van der Waals surface area (Å²) in [5.74, 6) is 0.496. The van der Waals surface area contributed by atoms with Crippen LogP contribution in [0.4, 0.5) is 10.7 Å². The van der Waals surface area contributed by atoms with Crippen molar-refractivity contribution in [2.24, 2.45) is 0 Å². The number of rotatable bonds is 7. The standard InChI is InChI=1S/C26H26N4O4/c1-2-13-28-26(31)34-22-16-33-23-21(15-32-24(22)23)30-25-27-14-12-20(29-25)19-10-8-18(9-11-19)17-6-4-3-5-7-17/h2-12,14,21-24H,1,13,15-16H2,(H,28,31)(H,27,29,30)/t21-,22+,23+,24+/m0/s1. The monoisotopic (exact) mass is 458 g/mol. The average Bonchev–Trinajstić information content (AvgIpc) is 3.47. The molecule has 2 N–H and O–H groups in total. The number of anilines is 1. The molecule has 174 valence electrons. The molecule has 2 aliphatic rings. The highest BCUT2D eigenvalue weighted by Crippen LogP contribution is 2.31. The highest BCUT2D eigenvalue weighted by Gasteiger charge is 2.49. The van der Waals surface area contributed by atoms with Gasteiger partial charge < -0.3 is 24.8 Å². The predicted octanol–water partition coefficient (Wildman–Crippen LogP) is 3.67. The van der Waals surface area contributed by atoms with Crippen molar-refractivity contribution in [3.05, 3.63) is 79.5 Å². The zero-order valence-corrected chi connectivity index (χ0v) is 18.6. The number of hydrogen-bond donors (Lipinski definition) is 2. The Balaban J connectivity index is 1.23. The Morgan fingerprint density at radius 3 is 2.53 bits per heavy atom. The quantitative estimate of drug-likeness (QED) is 0.522. The van der Waals surface area contributed by atoms with Crippen LogP contribution in [0.1, 0.15) is 0 Å². The molecule has 4 atom stereocenters. The maximum absolute atomic E-state index is 11.9. The summed E-state index contributed by atoms with van der Waals surface area (Å²) in [4.78, 5) is 20.9. The lowest BCUT2D eigenvalue weighted by atomic mass is 10.0. The maximum Gasteiger partial charge on any atom is 0.407 e. The summed E-state index contributed by atoms with van der Waals surface area (Å²) in [6.07, 6.45) is 1.76. The van der Waals surface area contributed by atoms with Crippen molar-refractivity contribution in [3.8, 4) is 22.4 Å². The SMILES string of the molecule is C=CCNC(=O)O[C@@H]1CO[C@H]2[C@@H]1OC[C@@H]2Nc1nccc(-c2ccc(-c3ccccc3)cc2)n1. The van der Waals surface area contributed by atoms with Gasteiger partial charge in [-0.05, 0) is 17.2 Å². The summed E-state index contributed by atoms with van der Waals surface area (Å²) < 4.78 is 17.2. The molecule has 2 aromatic carbocycles. The van der Waals surface area contributed by atoms with E-state index in [1.807, 2.05) is 24.3 Å². The molecule has 0 bridgehead atoms. The molecule has 8 nitrogen and oxygen atoms in total. The predicted molar refractivity (Wildman–Crippen MR) is 128 cm³/mol. The molecule has 0 aliphatic carbocycles. The zero-order chi connectivity index (χ0) is 23.3. The molecule has 0 unspecified atom stereocenters. The Morgan fingerprint density at radius 2 is 1.74 bits per heavy atom. The van der Waals surface area contributed by atoms with Crippen molar-refractivity contribution in [2.75, 3.05) is 25.1 Å². The minimum Gasteiger partial charge on any atom is -0.441 e. The molecule has 2 fully saturated rings. The number of alkyl carbamates (subject to hydrolysis) is 1. The number of ether oxygens (including phenoxy) is 3. The van der Waals surface area contributed by atoms with Crippen LogP contribution in [0.5, 0.6) is 0 Å². The van der Waals surface area contributed by atoms with E-state index in [1.54, 1.807) is 12.3 Å². The number of aromatic nitrogens is 2. The zero-order valence-electron chi connectivity index (χ0n) is 18.6. The third kappa shape index (κ3) is 4.78. The van der Waals surface area contributed by atoms with Crippen molar-refractivity contribution < 1.29 is 19.0 Å². The number of amides is 1. The average molecular weight is 459 g/mol. The third-order valence-electron chi connectivity index (χ3n) is 5.91. The van der Waals surface area contributed by atoms with E-state index in [2.05, 4.69) is 63.6 Å². The first-order valence-electron chi connectivity index (χ1n) is 11.3. The van der Waals surface area contributed by atoms with Crippen LogP contribution in [-0.4, -0.2) is 60.2 Å².